The summed E-state index contributed by atoms with van der Waals surface area (Å²) in [4.78, 5) is 0. The van der Waals surface area contributed by atoms with Crippen molar-refractivity contribution in [1.29, 1.82) is 0 Å². The first kappa shape index (κ1) is 15.5. The van der Waals surface area contributed by atoms with Crippen molar-refractivity contribution in [2.45, 2.75) is 26.8 Å². The first-order valence-corrected chi connectivity index (χ1v) is 7.47. The van der Waals surface area contributed by atoms with Crippen LogP contribution in [0.1, 0.15) is 25.8 Å². The van der Waals surface area contributed by atoms with Gasteiger partial charge in [0.15, 0.2) is 0 Å². The molecule has 1 N–H and O–H groups in total. The molecule has 0 unspecified atom stereocenters. The Bertz CT molecular complexity index is 583. The predicted molar refractivity (Wildman–Crippen MR) is 85.0 cm³/mol. The van der Waals surface area contributed by atoms with Crippen LogP contribution in [0.15, 0.2) is 42.5 Å². The molecule has 2 aromatic rings. The molecule has 0 spiro atoms. The Morgan fingerprint density at radius 1 is 1.05 bits per heavy atom. The molecule has 0 radical (unpaired) electrons. The van der Waals surface area contributed by atoms with Crippen LogP contribution in [-0.4, -0.2) is 13.2 Å². The Kier molecular flexibility index (Phi) is 5.76. The zero-order valence-electron chi connectivity index (χ0n) is 12.7. The normalized spacial score (nSPS) is 10.6. The first-order chi connectivity index (χ1) is 10.3. The van der Waals surface area contributed by atoms with Gasteiger partial charge in [-0.1, -0.05) is 38.1 Å². The third kappa shape index (κ3) is 4.05. The van der Waals surface area contributed by atoms with Gasteiger partial charge in [0.25, 0.3) is 0 Å². The second-order valence-corrected chi connectivity index (χ2v) is 4.93. The van der Waals surface area contributed by atoms with Crippen molar-refractivity contribution in [1.82, 2.24) is 5.32 Å². The molecule has 0 amide bonds. The van der Waals surface area contributed by atoms with E-state index < -0.39 is 0 Å². The summed E-state index contributed by atoms with van der Waals surface area (Å²) in [6.45, 7) is 6.39. The molecular weight excluding hydrogens is 265 g/mol. The van der Waals surface area contributed by atoms with Crippen molar-refractivity contribution >= 4 is 0 Å². The highest BCUT2D eigenvalue weighted by Crippen LogP contribution is 2.33. The number of hydrogen-bond acceptors (Lipinski definition) is 2. The lowest BCUT2D eigenvalue weighted by Gasteiger charge is -2.15. The zero-order valence-corrected chi connectivity index (χ0v) is 12.7. The van der Waals surface area contributed by atoms with Crippen LogP contribution < -0.4 is 10.1 Å². The summed E-state index contributed by atoms with van der Waals surface area (Å²) in [5.74, 6) is 0.582. The minimum Gasteiger partial charge on any atom is -0.493 e. The lowest BCUT2D eigenvalue weighted by Crippen LogP contribution is -2.12. The maximum absolute atomic E-state index is 13.7. The van der Waals surface area contributed by atoms with Crippen molar-refractivity contribution in [3.8, 4) is 16.9 Å². The SMILES string of the molecule is CCCOc1ccccc1-c1cc(F)ccc1CNCC. The van der Waals surface area contributed by atoms with E-state index in [1.807, 2.05) is 30.3 Å². The summed E-state index contributed by atoms with van der Waals surface area (Å²) < 4.78 is 19.5. The molecule has 112 valence electrons. The van der Waals surface area contributed by atoms with E-state index >= 15 is 0 Å². The fraction of sp³-hybridized carbons (Fsp3) is 0.333. The molecule has 2 aromatic carbocycles. The van der Waals surface area contributed by atoms with Crippen LogP contribution in [0.4, 0.5) is 4.39 Å². The van der Waals surface area contributed by atoms with Crippen LogP contribution in [-0.2, 0) is 6.54 Å². The van der Waals surface area contributed by atoms with Gasteiger partial charge in [-0.25, -0.2) is 4.39 Å². The molecule has 3 heteroatoms. The second kappa shape index (κ2) is 7.79. The lowest BCUT2D eigenvalue weighted by molar-refractivity contribution is 0.318. The predicted octanol–water partition coefficient (Wildman–Crippen LogP) is 4.39. The number of nitrogens with one attached hydrogen (secondary N) is 1. The average Bonchev–Trinajstić information content (AvgIpc) is 2.52. The van der Waals surface area contributed by atoms with Crippen molar-refractivity contribution in [3.63, 3.8) is 0 Å². The molecule has 0 aromatic heterocycles. The van der Waals surface area contributed by atoms with Crippen molar-refractivity contribution in [2.24, 2.45) is 0 Å². The Morgan fingerprint density at radius 3 is 2.62 bits per heavy atom. The Hall–Kier alpha value is -1.87. The summed E-state index contributed by atoms with van der Waals surface area (Å²) in [6.07, 6.45) is 0.946. The molecule has 2 rings (SSSR count). The van der Waals surface area contributed by atoms with Gasteiger partial charge in [0.05, 0.1) is 6.61 Å². The van der Waals surface area contributed by atoms with Gasteiger partial charge >= 0.3 is 0 Å². The van der Waals surface area contributed by atoms with Crippen molar-refractivity contribution < 1.29 is 9.13 Å². The van der Waals surface area contributed by atoms with Crippen LogP contribution >= 0.6 is 0 Å². The van der Waals surface area contributed by atoms with Crippen LogP contribution in [0.5, 0.6) is 5.75 Å². The van der Waals surface area contributed by atoms with Gasteiger partial charge < -0.3 is 10.1 Å². The monoisotopic (exact) mass is 287 g/mol. The highest BCUT2D eigenvalue weighted by atomic mass is 19.1. The van der Waals surface area contributed by atoms with Gasteiger partial charge in [-0.15, -0.1) is 0 Å². The highest BCUT2D eigenvalue weighted by Gasteiger charge is 2.11. The largest absolute Gasteiger partial charge is 0.493 e. The fourth-order valence-electron chi connectivity index (χ4n) is 2.24. The molecule has 2 nitrogen and oxygen atoms in total. The van der Waals surface area contributed by atoms with Gasteiger partial charge in [0.2, 0.25) is 0 Å². The number of ether oxygens (including phenoxy) is 1. The van der Waals surface area contributed by atoms with Gasteiger partial charge in [0.1, 0.15) is 11.6 Å². The zero-order chi connectivity index (χ0) is 15.1. The number of para-hydroxylation sites is 1. The van der Waals surface area contributed by atoms with E-state index in [2.05, 4.69) is 19.2 Å². The summed E-state index contributed by atoms with van der Waals surface area (Å²) in [5.41, 5.74) is 2.91. The molecule has 0 atom stereocenters. The van der Waals surface area contributed by atoms with Crippen LogP contribution in [0.25, 0.3) is 11.1 Å². The van der Waals surface area contributed by atoms with Gasteiger partial charge in [-0.3, -0.25) is 0 Å². The molecular formula is C18H22FNO. The van der Waals surface area contributed by atoms with Crippen LogP contribution in [0, 0.1) is 5.82 Å². The Morgan fingerprint density at radius 2 is 1.86 bits per heavy atom. The van der Waals surface area contributed by atoms with Crippen molar-refractivity contribution in [2.75, 3.05) is 13.2 Å². The number of hydrogen-bond donors (Lipinski definition) is 1. The quantitative estimate of drug-likeness (QED) is 0.815. The van der Waals surface area contributed by atoms with Gasteiger partial charge in [0, 0.05) is 12.1 Å². The van der Waals surface area contributed by atoms with Crippen LogP contribution in [0.3, 0.4) is 0 Å². The maximum Gasteiger partial charge on any atom is 0.127 e. The number of halogens is 1. The molecule has 0 aliphatic carbocycles. The molecule has 0 fully saturated rings. The van der Waals surface area contributed by atoms with E-state index in [0.29, 0.717) is 13.2 Å². The number of benzene rings is 2. The average molecular weight is 287 g/mol. The van der Waals surface area contributed by atoms with E-state index in [1.165, 1.54) is 6.07 Å². The van der Waals surface area contributed by atoms with Gasteiger partial charge in [-0.2, -0.15) is 0 Å². The summed E-state index contributed by atoms with van der Waals surface area (Å²) in [5, 5.41) is 3.29. The minimum atomic E-state index is -0.226. The Balaban J connectivity index is 2.42. The molecule has 21 heavy (non-hydrogen) atoms. The molecule has 0 saturated carbocycles. The number of rotatable bonds is 7. The summed E-state index contributed by atoms with van der Waals surface area (Å²) >= 11 is 0. The summed E-state index contributed by atoms with van der Waals surface area (Å²) in [7, 11) is 0. The minimum absolute atomic E-state index is 0.226. The van der Waals surface area contributed by atoms with E-state index in [0.717, 1.165) is 35.4 Å². The van der Waals surface area contributed by atoms with E-state index in [1.54, 1.807) is 6.07 Å². The maximum atomic E-state index is 13.7. The smallest absolute Gasteiger partial charge is 0.127 e. The van der Waals surface area contributed by atoms with Gasteiger partial charge in [-0.05, 0) is 42.3 Å². The van der Waals surface area contributed by atoms with E-state index in [4.69, 9.17) is 4.74 Å². The second-order valence-electron chi connectivity index (χ2n) is 4.93. The molecule has 0 aliphatic heterocycles. The topological polar surface area (TPSA) is 21.3 Å². The fourth-order valence-corrected chi connectivity index (χ4v) is 2.24. The van der Waals surface area contributed by atoms with Crippen molar-refractivity contribution in [3.05, 3.63) is 53.8 Å². The third-order valence-electron chi connectivity index (χ3n) is 3.28. The van der Waals surface area contributed by atoms with E-state index in [9.17, 15) is 4.39 Å². The molecule has 0 heterocycles. The first-order valence-electron chi connectivity index (χ1n) is 7.47. The lowest BCUT2D eigenvalue weighted by atomic mass is 9.98. The van der Waals surface area contributed by atoms with E-state index in [-0.39, 0.29) is 5.82 Å². The molecule has 0 aliphatic rings. The molecule has 0 bridgehead atoms. The molecule has 0 saturated heterocycles. The standard InChI is InChI=1S/C18H22FNO/c1-3-11-21-18-8-6-5-7-16(18)17-12-15(19)10-9-14(17)13-20-4-2/h5-10,12,20H,3-4,11,13H2,1-2H3. The summed E-state index contributed by atoms with van der Waals surface area (Å²) in [6, 6.07) is 12.7. The Labute approximate surface area is 126 Å². The van der Waals surface area contributed by atoms with Crippen LogP contribution in [0.2, 0.25) is 0 Å². The highest BCUT2D eigenvalue weighted by molar-refractivity contribution is 5.73. The third-order valence-corrected chi connectivity index (χ3v) is 3.28.